The monoisotopic (exact) mass is 395 g/mol. The molecular weight excluding hydrogens is 377 g/mol. The lowest BCUT2D eigenvalue weighted by atomic mass is 10.0. The van der Waals surface area contributed by atoms with Gasteiger partial charge in [-0.25, -0.2) is 23.9 Å². The first-order valence-corrected chi connectivity index (χ1v) is 8.97. The minimum absolute atomic E-state index is 0.126. The molecule has 144 valence electrons. The number of nitrogens with zero attached hydrogens (tertiary/aromatic N) is 5. The Morgan fingerprint density at radius 3 is 2.89 bits per heavy atom. The van der Waals surface area contributed by atoms with E-state index in [1.54, 1.807) is 16.5 Å². The van der Waals surface area contributed by atoms with Crippen LogP contribution in [0.4, 0.5) is 30.9 Å². The van der Waals surface area contributed by atoms with Crippen molar-refractivity contribution in [2.24, 2.45) is 0 Å². The van der Waals surface area contributed by atoms with Crippen LogP contribution in [-0.2, 0) is 0 Å². The lowest BCUT2D eigenvalue weighted by molar-refractivity contribution is 0.133. The number of hydrogen-bond acceptors (Lipinski definition) is 7. The highest BCUT2D eigenvalue weighted by Crippen LogP contribution is 2.23. The van der Waals surface area contributed by atoms with Crippen LogP contribution in [0, 0.1) is 0 Å². The molecule has 0 aromatic carbocycles. The Morgan fingerprint density at radius 1 is 1.37 bits per heavy atom. The van der Waals surface area contributed by atoms with Gasteiger partial charge in [0.2, 0.25) is 5.95 Å². The number of alkyl halides is 1. The Morgan fingerprint density at radius 2 is 2.19 bits per heavy atom. The van der Waals surface area contributed by atoms with E-state index >= 15 is 0 Å². The number of likely N-dealkylation sites (N-methyl/N-ethyl adjacent to an activating group) is 1. The van der Waals surface area contributed by atoms with Gasteiger partial charge in [-0.2, -0.15) is 4.98 Å². The Hall–Kier alpha value is -3.02. The summed E-state index contributed by atoms with van der Waals surface area (Å²) in [6.07, 6.45) is 0.741. The summed E-state index contributed by atoms with van der Waals surface area (Å²) in [5.74, 6) is 0.396. The van der Waals surface area contributed by atoms with Crippen molar-refractivity contribution < 1.29 is 19.1 Å². The molecule has 3 heterocycles. The molecule has 1 aliphatic heterocycles. The third-order valence-corrected chi connectivity index (χ3v) is 4.81. The topological polar surface area (TPSA) is 124 Å². The molecule has 1 fully saturated rings. The van der Waals surface area contributed by atoms with Crippen LogP contribution in [0.5, 0.6) is 0 Å². The summed E-state index contributed by atoms with van der Waals surface area (Å²) in [6.45, 7) is 0.537. The first kappa shape index (κ1) is 18.8. The van der Waals surface area contributed by atoms with Crippen molar-refractivity contribution in [2.45, 2.75) is 18.6 Å². The summed E-state index contributed by atoms with van der Waals surface area (Å²) in [7, 11) is 1.52. The number of carboxylic acid groups (broad SMARTS) is 1. The van der Waals surface area contributed by atoms with Gasteiger partial charge in [0.1, 0.15) is 12.0 Å². The molecule has 0 bridgehead atoms. The second-order valence-electron chi connectivity index (χ2n) is 5.87. The van der Waals surface area contributed by atoms with Crippen LogP contribution in [0.2, 0.25) is 0 Å². The summed E-state index contributed by atoms with van der Waals surface area (Å²) in [5, 5.41) is 15.7. The average molecular weight is 395 g/mol. The Bertz CT molecular complexity index is 806. The van der Waals surface area contributed by atoms with E-state index in [-0.39, 0.29) is 24.7 Å². The highest BCUT2D eigenvalue weighted by molar-refractivity contribution is 7.13. The van der Waals surface area contributed by atoms with Gasteiger partial charge in [-0.1, -0.05) is 0 Å². The number of carbonyl (C=O) groups is 2. The first-order valence-electron chi connectivity index (χ1n) is 8.09. The number of aromatic nitrogens is 3. The van der Waals surface area contributed by atoms with Gasteiger partial charge in [-0.3, -0.25) is 10.6 Å². The zero-order chi connectivity index (χ0) is 19.4. The van der Waals surface area contributed by atoms with E-state index in [4.69, 9.17) is 5.11 Å². The van der Waals surface area contributed by atoms with Crippen LogP contribution in [0.1, 0.15) is 6.42 Å². The second kappa shape index (κ2) is 8.12. The maximum Gasteiger partial charge on any atom is 0.410 e. The number of urea groups is 1. The molecule has 3 amide bonds. The molecule has 0 saturated carbocycles. The number of carbonyl (C=O) groups excluding carboxylic acids is 1. The number of piperidine rings is 1. The summed E-state index contributed by atoms with van der Waals surface area (Å²) in [5.41, 5.74) is 0. The van der Waals surface area contributed by atoms with Crippen molar-refractivity contribution in [1.29, 1.82) is 0 Å². The van der Waals surface area contributed by atoms with E-state index in [9.17, 15) is 14.0 Å². The first-order chi connectivity index (χ1) is 12.9. The third-order valence-electron chi connectivity index (χ3n) is 4.12. The summed E-state index contributed by atoms with van der Waals surface area (Å²) >= 11 is 1.27. The zero-order valence-electron chi connectivity index (χ0n) is 14.4. The highest BCUT2D eigenvalue weighted by atomic mass is 32.1. The Balaban J connectivity index is 1.70. The van der Waals surface area contributed by atoms with E-state index in [1.807, 2.05) is 0 Å². The predicted molar refractivity (Wildman–Crippen MR) is 98.1 cm³/mol. The van der Waals surface area contributed by atoms with E-state index in [0.717, 1.165) is 0 Å². The van der Waals surface area contributed by atoms with Crippen LogP contribution < -0.4 is 15.5 Å². The van der Waals surface area contributed by atoms with Gasteiger partial charge in [-0.05, 0) is 12.5 Å². The standard InChI is InChI=1S/C15H18FN7O3S/c1-22(14(24)21-13-18-5-7-27-13)10-8-23(6-3-9(10)16)12-17-4-2-11(19-12)20-15(25)26/h2,4-5,7,9-10H,3,6,8H2,1H3,(H,25,26)(H,17,19,20)(H,18,21,24). The molecular formula is C15H18FN7O3S. The molecule has 2 unspecified atom stereocenters. The van der Waals surface area contributed by atoms with Gasteiger partial charge in [0.25, 0.3) is 0 Å². The van der Waals surface area contributed by atoms with Crippen LogP contribution in [0.15, 0.2) is 23.8 Å². The smallest absolute Gasteiger partial charge is 0.410 e. The summed E-state index contributed by atoms with van der Waals surface area (Å²) < 4.78 is 14.5. The largest absolute Gasteiger partial charge is 0.465 e. The number of halogens is 1. The molecule has 2 aromatic heterocycles. The zero-order valence-corrected chi connectivity index (χ0v) is 15.2. The van der Waals surface area contributed by atoms with Gasteiger partial charge >= 0.3 is 12.1 Å². The maximum atomic E-state index is 14.5. The van der Waals surface area contributed by atoms with Crippen molar-refractivity contribution in [2.75, 3.05) is 35.7 Å². The quantitative estimate of drug-likeness (QED) is 0.724. The SMILES string of the molecule is CN(C(=O)Nc1nccs1)C1CN(c2nccc(NC(=O)O)n2)CCC1F. The Kier molecular flexibility index (Phi) is 5.64. The van der Waals surface area contributed by atoms with Crippen LogP contribution in [0.25, 0.3) is 0 Å². The molecule has 1 saturated heterocycles. The lowest BCUT2D eigenvalue weighted by Crippen LogP contribution is -2.55. The predicted octanol–water partition coefficient (Wildman–Crippen LogP) is 2.10. The van der Waals surface area contributed by atoms with Crippen molar-refractivity contribution in [3.63, 3.8) is 0 Å². The van der Waals surface area contributed by atoms with Crippen molar-refractivity contribution >= 4 is 40.4 Å². The third kappa shape index (κ3) is 4.58. The molecule has 3 rings (SSSR count). The summed E-state index contributed by atoms with van der Waals surface area (Å²) in [6, 6.07) is 0.255. The van der Waals surface area contributed by atoms with Crippen LogP contribution >= 0.6 is 11.3 Å². The molecule has 3 N–H and O–H groups in total. The average Bonchev–Trinajstić information content (AvgIpc) is 3.14. The second-order valence-corrected chi connectivity index (χ2v) is 6.76. The fourth-order valence-corrected chi connectivity index (χ4v) is 3.26. The molecule has 0 spiro atoms. The number of anilines is 3. The van der Waals surface area contributed by atoms with Gasteiger partial charge < -0.3 is 14.9 Å². The van der Waals surface area contributed by atoms with Gasteiger partial charge in [0.15, 0.2) is 5.13 Å². The van der Waals surface area contributed by atoms with Gasteiger partial charge in [0.05, 0.1) is 6.04 Å². The van der Waals surface area contributed by atoms with Gasteiger partial charge in [0, 0.05) is 37.9 Å². The molecule has 12 heteroatoms. The minimum Gasteiger partial charge on any atom is -0.465 e. The number of thiazole rings is 1. The van der Waals surface area contributed by atoms with Crippen molar-refractivity contribution in [1.82, 2.24) is 19.9 Å². The molecule has 27 heavy (non-hydrogen) atoms. The van der Waals surface area contributed by atoms with Gasteiger partial charge in [-0.15, -0.1) is 11.3 Å². The van der Waals surface area contributed by atoms with Crippen LogP contribution in [0.3, 0.4) is 0 Å². The normalized spacial score (nSPS) is 19.4. The molecule has 0 aliphatic carbocycles. The molecule has 10 nitrogen and oxygen atoms in total. The maximum absolute atomic E-state index is 14.5. The minimum atomic E-state index is -1.24. The van der Waals surface area contributed by atoms with E-state index in [2.05, 4.69) is 25.6 Å². The molecule has 1 aliphatic rings. The van der Waals surface area contributed by atoms with Crippen molar-refractivity contribution in [3.8, 4) is 0 Å². The highest BCUT2D eigenvalue weighted by Gasteiger charge is 2.35. The Labute approximate surface area is 158 Å². The van der Waals surface area contributed by atoms with Crippen molar-refractivity contribution in [3.05, 3.63) is 23.8 Å². The number of hydrogen-bond donors (Lipinski definition) is 3. The molecule has 2 aromatic rings. The number of nitrogens with one attached hydrogen (secondary N) is 2. The number of amides is 3. The number of rotatable bonds is 4. The van der Waals surface area contributed by atoms with E-state index in [1.165, 1.54) is 35.5 Å². The fourth-order valence-electron chi connectivity index (χ4n) is 2.75. The lowest BCUT2D eigenvalue weighted by Gasteiger charge is -2.39. The van der Waals surface area contributed by atoms with Crippen LogP contribution in [-0.4, -0.2) is 69.4 Å². The fraction of sp³-hybridized carbons (Fsp3) is 0.400. The molecule has 0 radical (unpaired) electrons. The van der Waals surface area contributed by atoms with E-state index < -0.39 is 24.3 Å². The molecule has 2 atom stereocenters. The summed E-state index contributed by atoms with van der Waals surface area (Å²) in [4.78, 5) is 38.4. The van der Waals surface area contributed by atoms with E-state index in [0.29, 0.717) is 11.7 Å².